The fraction of sp³-hybridized carbons (Fsp3) is 0.333. The highest BCUT2D eigenvalue weighted by atomic mass is 16.5. The van der Waals surface area contributed by atoms with E-state index in [1.807, 2.05) is 18.2 Å². The summed E-state index contributed by atoms with van der Waals surface area (Å²) in [6.07, 6.45) is 5.61. The molecule has 0 amide bonds. The number of hydrogen-bond acceptors (Lipinski definition) is 9. The van der Waals surface area contributed by atoms with Crippen LogP contribution in [0, 0.1) is 0 Å². The lowest BCUT2D eigenvalue weighted by atomic mass is 10.2. The van der Waals surface area contributed by atoms with Crippen molar-refractivity contribution in [2.24, 2.45) is 0 Å². The summed E-state index contributed by atoms with van der Waals surface area (Å²) in [5, 5.41) is 15.4. The number of aliphatic hydroxyl groups excluding tert-OH is 1. The normalized spacial score (nSPS) is 13.8. The molecule has 3 aromatic rings. The Morgan fingerprint density at radius 3 is 2.67 bits per heavy atom. The summed E-state index contributed by atoms with van der Waals surface area (Å²) >= 11 is 0. The van der Waals surface area contributed by atoms with Crippen LogP contribution in [-0.4, -0.2) is 64.5 Å². The SMILES string of the molecule is OCCCNc1cncc(-c2ncnc(Nc3ccc(N4CCOCC4)cc3)n2)c1. The molecular weight excluding hydrogens is 382 g/mol. The first-order valence-electron chi connectivity index (χ1n) is 10.0. The second kappa shape index (κ2) is 9.95. The maximum Gasteiger partial charge on any atom is 0.230 e. The minimum atomic E-state index is 0.149. The number of morpholine rings is 1. The molecular formula is C21H25N7O2. The fourth-order valence-electron chi connectivity index (χ4n) is 3.17. The average Bonchev–Trinajstić information content (AvgIpc) is 2.81. The molecule has 30 heavy (non-hydrogen) atoms. The van der Waals surface area contributed by atoms with Gasteiger partial charge in [-0.1, -0.05) is 0 Å². The topological polar surface area (TPSA) is 108 Å². The number of anilines is 4. The van der Waals surface area contributed by atoms with Crippen LogP contribution in [0.1, 0.15) is 6.42 Å². The molecule has 0 saturated carbocycles. The van der Waals surface area contributed by atoms with Crippen molar-refractivity contribution in [3.63, 3.8) is 0 Å². The Kier molecular flexibility index (Phi) is 6.63. The van der Waals surface area contributed by atoms with E-state index in [0.717, 1.165) is 43.2 Å². The van der Waals surface area contributed by atoms with Gasteiger partial charge in [-0.05, 0) is 36.8 Å². The Morgan fingerprint density at radius 1 is 1.03 bits per heavy atom. The lowest BCUT2D eigenvalue weighted by molar-refractivity contribution is 0.122. The van der Waals surface area contributed by atoms with Crippen LogP contribution in [0.2, 0.25) is 0 Å². The van der Waals surface area contributed by atoms with Gasteiger partial charge in [0.1, 0.15) is 6.33 Å². The van der Waals surface area contributed by atoms with Crippen LogP contribution in [0.3, 0.4) is 0 Å². The van der Waals surface area contributed by atoms with Crippen molar-refractivity contribution >= 4 is 23.0 Å². The predicted octanol–water partition coefficient (Wildman–Crippen LogP) is 2.31. The lowest BCUT2D eigenvalue weighted by Gasteiger charge is -2.28. The lowest BCUT2D eigenvalue weighted by Crippen LogP contribution is -2.36. The minimum absolute atomic E-state index is 0.149. The maximum absolute atomic E-state index is 8.91. The van der Waals surface area contributed by atoms with Crippen LogP contribution in [0.25, 0.3) is 11.4 Å². The maximum atomic E-state index is 8.91. The van der Waals surface area contributed by atoms with E-state index in [-0.39, 0.29) is 6.61 Å². The zero-order chi connectivity index (χ0) is 20.6. The van der Waals surface area contributed by atoms with Crippen LogP contribution in [-0.2, 0) is 4.74 Å². The summed E-state index contributed by atoms with van der Waals surface area (Å²) in [7, 11) is 0. The Morgan fingerprint density at radius 2 is 1.87 bits per heavy atom. The zero-order valence-corrected chi connectivity index (χ0v) is 16.7. The van der Waals surface area contributed by atoms with Crippen LogP contribution in [0.4, 0.5) is 23.0 Å². The second-order valence-electron chi connectivity index (χ2n) is 6.87. The van der Waals surface area contributed by atoms with Crippen LogP contribution >= 0.6 is 0 Å². The third kappa shape index (κ3) is 5.19. The molecule has 0 aliphatic carbocycles. The molecule has 3 heterocycles. The van der Waals surface area contributed by atoms with E-state index in [2.05, 4.69) is 47.6 Å². The molecule has 0 unspecified atom stereocenters. The Labute approximate surface area is 175 Å². The molecule has 0 atom stereocenters. The second-order valence-corrected chi connectivity index (χ2v) is 6.87. The highest BCUT2D eigenvalue weighted by Crippen LogP contribution is 2.22. The van der Waals surface area contributed by atoms with Crippen LogP contribution < -0.4 is 15.5 Å². The Bertz CT molecular complexity index is 946. The number of nitrogens with zero attached hydrogens (tertiary/aromatic N) is 5. The number of aromatic nitrogens is 4. The van der Waals surface area contributed by atoms with Gasteiger partial charge in [-0.3, -0.25) is 4.98 Å². The molecule has 1 saturated heterocycles. The van der Waals surface area contributed by atoms with Gasteiger partial charge >= 0.3 is 0 Å². The van der Waals surface area contributed by atoms with Crippen LogP contribution in [0.15, 0.2) is 49.1 Å². The van der Waals surface area contributed by atoms with E-state index in [4.69, 9.17) is 9.84 Å². The van der Waals surface area contributed by atoms with Crippen molar-refractivity contribution in [1.29, 1.82) is 0 Å². The van der Waals surface area contributed by atoms with Gasteiger partial charge in [-0.2, -0.15) is 4.98 Å². The third-order valence-corrected chi connectivity index (χ3v) is 4.73. The van der Waals surface area contributed by atoms with E-state index >= 15 is 0 Å². The summed E-state index contributed by atoms with van der Waals surface area (Å²) < 4.78 is 5.41. The molecule has 4 rings (SSSR count). The first-order chi connectivity index (χ1) is 14.8. The molecule has 1 fully saturated rings. The van der Waals surface area contributed by atoms with Gasteiger partial charge in [0.25, 0.3) is 0 Å². The number of pyridine rings is 1. The molecule has 1 aliphatic rings. The largest absolute Gasteiger partial charge is 0.396 e. The fourth-order valence-corrected chi connectivity index (χ4v) is 3.17. The van der Waals surface area contributed by atoms with Crippen molar-refractivity contribution in [2.75, 3.05) is 55.0 Å². The molecule has 1 aliphatic heterocycles. The summed E-state index contributed by atoms with van der Waals surface area (Å²) in [4.78, 5) is 19.6. The molecule has 156 valence electrons. The first-order valence-corrected chi connectivity index (χ1v) is 10.0. The highest BCUT2D eigenvalue weighted by molar-refractivity contribution is 5.63. The number of nitrogens with one attached hydrogen (secondary N) is 2. The molecule has 3 N–H and O–H groups in total. The van der Waals surface area contributed by atoms with Crippen LogP contribution in [0.5, 0.6) is 0 Å². The zero-order valence-electron chi connectivity index (χ0n) is 16.7. The third-order valence-electron chi connectivity index (χ3n) is 4.73. The van der Waals surface area contributed by atoms with Gasteiger partial charge in [0.2, 0.25) is 5.95 Å². The minimum Gasteiger partial charge on any atom is -0.396 e. The number of rotatable bonds is 8. The highest BCUT2D eigenvalue weighted by Gasteiger charge is 2.11. The van der Waals surface area contributed by atoms with E-state index in [0.29, 0.717) is 24.7 Å². The molecule has 0 bridgehead atoms. The van der Waals surface area contributed by atoms with Gasteiger partial charge in [0.15, 0.2) is 5.82 Å². The molecule has 2 aromatic heterocycles. The quantitative estimate of drug-likeness (QED) is 0.485. The van der Waals surface area contributed by atoms with Gasteiger partial charge < -0.3 is 25.4 Å². The Hall–Kier alpha value is -3.30. The van der Waals surface area contributed by atoms with Gasteiger partial charge in [-0.25, -0.2) is 9.97 Å². The van der Waals surface area contributed by atoms with Crippen molar-refractivity contribution in [3.8, 4) is 11.4 Å². The number of ether oxygens (including phenoxy) is 1. The smallest absolute Gasteiger partial charge is 0.230 e. The molecule has 0 spiro atoms. The molecule has 1 aromatic carbocycles. The van der Waals surface area contributed by atoms with Gasteiger partial charge in [-0.15, -0.1) is 0 Å². The van der Waals surface area contributed by atoms with Crippen molar-refractivity contribution in [2.45, 2.75) is 6.42 Å². The standard InChI is InChI=1S/C21H25N7O2/c29-9-1-6-23-18-12-16(13-22-14-18)20-24-15-25-21(27-20)26-17-2-4-19(5-3-17)28-7-10-30-11-8-28/h2-5,12-15,23,29H,1,6-11H2,(H,24,25,26,27). The Balaban J connectivity index is 1.44. The average molecular weight is 407 g/mol. The van der Waals surface area contributed by atoms with E-state index in [1.165, 1.54) is 12.0 Å². The number of benzene rings is 1. The summed E-state index contributed by atoms with van der Waals surface area (Å²) in [6.45, 7) is 4.17. The molecule has 9 heteroatoms. The first kappa shape index (κ1) is 20.0. The number of hydrogen-bond donors (Lipinski definition) is 3. The van der Waals surface area contributed by atoms with Crippen molar-refractivity contribution in [1.82, 2.24) is 19.9 Å². The summed E-state index contributed by atoms with van der Waals surface area (Å²) in [6, 6.07) is 10.1. The number of aliphatic hydroxyl groups is 1. The van der Waals surface area contributed by atoms with E-state index in [9.17, 15) is 0 Å². The van der Waals surface area contributed by atoms with E-state index in [1.54, 1.807) is 12.4 Å². The van der Waals surface area contributed by atoms with Crippen molar-refractivity contribution < 1.29 is 9.84 Å². The molecule has 9 nitrogen and oxygen atoms in total. The summed E-state index contributed by atoms with van der Waals surface area (Å²) in [5.74, 6) is 1.01. The monoisotopic (exact) mass is 407 g/mol. The van der Waals surface area contributed by atoms with Gasteiger partial charge in [0, 0.05) is 55.6 Å². The predicted molar refractivity (Wildman–Crippen MR) is 116 cm³/mol. The van der Waals surface area contributed by atoms with Crippen molar-refractivity contribution in [3.05, 3.63) is 49.1 Å². The summed E-state index contributed by atoms with van der Waals surface area (Å²) in [5.41, 5.74) is 3.73. The van der Waals surface area contributed by atoms with E-state index < -0.39 is 0 Å². The molecule has 0 radical (unpaired) electrons. The van der Waals surface area contributed by atoms with Gasteiger partial charge in [0.05, 0.1) is 18.9 Å².